The summed E-state index contributed by atoms with van der Waals surface area (Å²) in [6, 6.07) is 15.7. The predicted molar refractivity (Wildman–Crippen MR) is 110 cm³/mol. The first-order valence-electron chi connectivity index (χ1n) is 8.43. The average Bonchev–Trinajstić information content (AvgIpc) is 3.19. The second-order valence-corrected chi connectivity index (χ2v) is 7.35. The number of carbonyl (C=O) groups is 1. The van der Waals surface area contributed by atoms with E-state index in [1.54, 1.807) is 6.08 Å². The summed E-state index contributed by atoms with van der Waals surface area (Å²) in [5.74, 6) is -0.460. The molecule has 4 rings (SSSR count). The van der Waals surface area contributed by atoms with E-state index in [4.69, 9.17) is 0 Å². The molecule has 5 nitrogen and oxygen atoms in total. The molecule has 2 aromatic heterocycles. The number of hydrogen-bond acceptors (Lipinski definition) is 4. The number of para-hydroxylation sites is 1. The molecule has 0 radical (unpaired) electrons. The topological polar surface area (TPSA) is 81.6 Å². The quantitative estimate of drug-likeness (QED) is 0.395. The molecule has 0 unspecified atom stereocenters. The number of aryl methyl sites for hydroxylation is 2. The summed E-state index contributed by atoms with van der Waals surface area (Å²) in [6.45, 7) is 3.95. The second-order valence-electron chi connectivity index (χ2n) is 6.32. The summed E-state index contributed by atoms with van der Waals surface area (Å²) in [5.41, 5.74) is 4.73. The first kappa shape index (κ1) is 17.0. The maximum atomic E-state index is 12.6. The second kappa shape index (κ2) is 6.71. The Labute approximate surface area is 160 Å². The van der Waals surface area contributed by atoms with Crippen LogP contribution in [0.3, 0.4) is 0 Å². The molecule has 4 aromatic rings. The summed E-state index contributed by atoms with van der Waals surface area (Å²) in [6.07, 6.45) is 1.64. The lowest BCUT2D eigenvalue weighted by molar-refractivity contribution is -0.112. The minimum Gasteiger partial charge on any atom is -0.358 e. The maximum Gasteiger partial charge on any atom is 0.268 e. The Morgan fingerprint density at radius 3 is 2.85 bits per heavy atom. The van der Waals surface area contributed by atoms with E-state index in [1.165, 1.54) is 11.3 Å². The summed E-state index contributed by atoms with van der Waals surface area (Å²) in [7, 11) is 0. The molecule has 0 atom stereocenters. The van der Waals surface area contributed by atoms with Gasteiger partial charge in [-0.05, 0) is 44.2 Å². The van der Waals surface area contributed by atoms with Crippen LogP contribution in [0.4, 0.5) is 5.13 Å². The zero-order chi connectivity index (χ0) is 19.0. The number of nitriles is 1. The first-order valence-corrected chi connectivity index (χ1v) is 9.24. The van der Waals surface area contributed by atoms with Crippen molar-refractivity contribution in [3.63, 3.8) is 0 Å². The standard InChI is InChI=1S/C21H16N4OS/c1-12-7-8-17-16(9-12)15(13(2)23-17)10-14(11-22)20(26)25-21-24-18-5-3-4-6-19(18)27-21/h3-10,23H,1-2H3,(H,24,25,26)/b14-10+. The number of aromatic amines is 1. The van der Waals surface area contributed by atoms with Crippen molar-refractivity contribution in [2.24, 2.45) is 0 Å². The molecular weight excluding hydrogens is 356 g/mol. The summed E-state index contributed by atoms with van der Waals surface area (Å²) in [4.78, 5) is 20.3. The fourth-order valence-electron chi connectivity index (χ4n) is 3.03. The molecule has 0 bridgehead atoms. The number of carbonyl (C=O) groups excluding carboxylic acids is 1. The van der Waals surface area contributed by atoms with Gasteiger partial charge in [0.05, 0.1) is 10.2 Å². The number of hydrogen-bond donors (Lipinski definition) is 2. The van der Waals surface area contributed by atoms with Gasteiger partial charge >= 0.3 is 0 Å². The number of H-pyrrole nitrogens is 1. The third-order valence-corrected chi connectivity index (χ3v) is 5.31. The van der Waals surface area contributed by atoms with Gasteiger partial charge in [-0.25, -0.2) is 4.98 Å². The van der Waals surface area contributed by atoms with Crippen molar-refractivity contribution in [1.82, 2.24) is 9.97 Å². The predicted octanol–water partition coefficient (Wildman–Crippen LogP) is 4.94. The van der Waals surface area contributed by atoms with Crippen molar-refractivity contribution in [3.05, 3.63) is 64.9 Å². The van der Waals surface area contributed by atoms with Crippen LogP contribution < -0.4 is 5.32 Å². The van der Waals surface area contributed by atoms with Crippen molar-refractivity contribution in [2.45, 2.75) is 13.8 Å². The van der Waals surface area contributed by atoms with Gasteiger partial charge in [0, 0.05) is 22.2 Å². The lowest BCUT2D eigenvalue weighted by Gasteiger charge is -2.01. The molecule has 0 spiro atoms. The normalized spacial score (nSPS) is 11.7. The monoisotopic (exact) mass is 372 g/mol. The molecular formula is C21H16N4OS. The van der Waals surface area contributed by atoms with E-state index in [2.05, 4.69) is 15.3 Å². The van der Waals surface area contributed by atoms with Gasteiger partial charge in [-0.3, -0.25) is 10.1 Å². The van der Waals surface area contributed by atoms with Gasteiger partial charge in [-0.2, -0.15) is 5.26 Å². The van der Waals surface area contributed by atoms with Gasteiger partial charge < -0.3 is 4.98 Å². The number of nitrogens with one attached hydrogen (secondary N) is 2. The summed E-state index contributed by atoms with van der Waals surface area (Å²) >= 11 is 1.38. The number of fused-ring (bicyclic) bond motifs is 2. The first-order chi connectivity index (χ1) is 13.0. The van der Waals surface area contributed by atoms with Crippen molar-refractivity contribution >= 4 is 49.6 Å². The lowest BCUT2D eigenvalue weighted by atomic mass is 10.1. The number of rotatable bonds is 3. The summed E-state index contributed by atoms with van der Waals surface area (Å²) in [5, 5.41) is 13.7. The van der Waals surface area contributed by atoms with Gasteiger partial charge in [0.15, 0.2) is 5.13 Å². The van der Waals surface area contributed by atoms with Crippen molar-refractivity contribution < 1.29 is 4.79 Å². The number of benzene rings is 2. The van der Waals surface area contributed by atoms with E-state index in [9.17, 15) is 10.1 Å². The third kappa shape index (κ3) is 3.21. The van der Waals surface area contributed by atoms with Crippen LogP contribution in [-0.4, -0.2) is 15.9 Å². The van der Waals surface area contributed by atoms with Gasteiger partial charge in [-0.15, -0.1) is 0 Å². The fraction of sp³-hybridized carbons (Fsp3) is 0.0952. The molecule has 0 aliphatic rings. The van der Waals surface area contributed by atoms with Gasteiger partial charge in [0.1, 0.15) is 11.6 Å². The molecule has 0 saturated carbocycles. The van der Waals surface area contributed by atoms with Crippen LogP contribution >= 0.6 is 11.3 Å². The molecule has 2 aromatic carbocycles. The van der Waals surface area contributed by atoms with Crippen LogP contribution in [0.2, 0.25) is 0 Å². The number of thiazole rings is 1. The molecule has 0 aliphatic heterocycles. The van der Waals surface area contributed by atoms with Gasteiger partial charge in [0.2, 0.25) is 0 Å². The number of nitrogens with zero attached hydrogens (tertiary/aromatic N) is 2. The van der Waals surface area contributed by atoms with E-state index in [0.717, 1.165) is 37.9 Å². The van der Waals surface area contributed by atoms with E-state index in [-0.39, 0.29) is 5.57 Å². The lowest BCUT2D eigenvalue weighted by Crippen LogP contribution is -2.13. The molecule has 27 heavy (non-hydrogen) atoms. The highest BCUT2D eigenvalue weighted by molar-refractivity contribution is 7.22. The number of amides is 1. The fourth-order valence-corrected chi connectivity index (χ4v) is 3.89. The molecule has 132 valence electrons. The van der Waals surface area contributed by atoms with E-state index in [1.807, 2.05) is 62.4 Å². The zero-order valence-corrected chi connectivity index (χ0v) is 15.6. The highest BCUT2D eigenvalue weighted by atomic mass is 32.1. The van der Waals surface area contributed by atoms with E-state index in [0.29, 0.717) is 5.13 Å². The highest BCUT2D eigenvalue weighted by Gasteiger charge is 2.15. The Hall–Kier alpha value is -3.43. The Balaban J connectivity index is 1.69. The smallest absolute Gasteiger partial charge is 0.268 e. The van der Waals surface area contributed by atoms with Crippen molar-refractivity contribution in [2.75, 3.05) is 5.32 Å². The van der Waals surface area contributed by atoms with Crippen LogP contribution in [0.15, 0.2) is 48.0 Å². The number of aromatic nitrogens is 2. The molecule has 2 heterocycles. The van der Waals surface area contributed by atoms with Crippen LogP contribution in [0, 0.1) is 25.2 Å². The van der Waals surface area contributed by atoms with Crippen LogP contribution in [0.5, 0.6) is 0 Å². The highest BCUT2D eigenvalue weighted by Crippen LogP contribution is 2.27. The Morgan fingerprint density at radius 2 is 2.07 bits per heavy atom. The third-order valence-electron chi connectivity index (χ3n) is 4.36. The number of anilines is 1. The molecule has 0 fully saturated rings. The van der Waals surface area contributed by atoms with Crippen molar-refractivity contribution in [3.8, 4) is 6.07 Å². The van der Waals surface area contributed by atoms with Gasteiger partial charge in [-0.1, -0.05) is 35.1 Å². The van der Waals surface area contributed by atoms with E-state index >= 15 is 0 Å². The maximum absolute atomic E-state index is 12.6. The molecule has 0 aliphatic carbocycles. The minimum atomic E-state index is -0.460. The van der Waals surface area contributed by atoms with Crippen LogP contribution in [-0.2, 0) is 4.79 Å². The molecule has 6 heteroatoms. The Kier molecular flexibility index (Phi) is 4.22. The van der Waals surface area contributed by atoms with Crippen LogP contribution in [0.25, 0.3) is 27.2 Å². The molecule has 2 N–H and O–H groups in total. The van der Waals surface area contributed by atoms with E-state index < -0.39 is 5.91 Å². The zero-order valence-electron chi connectivity index (χ0n) is 14.8. The average molecular weight is 372 g/mol. The summed E-state index contributed by atoms with van der Waals surface area (Å²) < 4.78 is 0.984. The van der Waals surface area contributed by atoms with Crippen LogP contribution in [0.1, 0.15) is 16.8 Å². The molecule has 1 amide bonds. The molecule has 0 saturated heterocycles. The van der Waals surface area contributed by atoms with Gasteiger partial charge in [0.25, 0.3) is 5.91 Å². The minimum absolute atomic E-state index is 0.0414. The SMILES string of the molecule is Cc1ccc2[nH]c(C)c(/C=C(\C#N)C(=O)Nc3nc4ccccc4s3)c2c1. The Bertz CT molecular complexity index is 1220. The largest absolute Gasteiger partial charge is 0.358 e. The Morgan fingerprint density at radius 1 is 1.26 bits per heavy atom. The van der Waals surface area contributed by atoms with Crippen molar-refractivity contribution in [1.29, 1.82) is 5.26 Å².